The minimum absolute atomic E-state index is 0.186. The lowest BCUT2D eigenvalue weighted by Gasteiger charge is -2.02. The zero-order chi connectivity index (χ0) is 14.7. The molecule has 1 aromatic carbocycles. The maximum Gasteiger partial charge on any atom is 0.265 e. The molecule has 2 heterocycles. The molecule has 0 radical (unpaired) electrons. The topological polar surface area (TPSA) is 42.0 Å². The lowest BCUT2D eigenvalue weighted by molar-refractivity contribution is 0.103. The number of carbonyl (C=O) groups excluding carboxylic acids is 1. The molecule has 0 spiro atoms. The third-order valence-electron chi connectivity index (χ3n) is 2.88. The number of carbonyl (C=O) groups is 1. The van der Waals surface area contributed by atoms with Gasteiger partial charge in [0, 0.05) is 23.0 Å². The largest absolute Gasteiger partial charge is 0.321 e. The molecular formula is C16H11FN2OS. The van der Waals surface area contributed by atoms with Gasteiger partial charge >= 0.3 is 0 Å². The summed E-state index contributed by atoms with van der Waals surface area (Å²) in [7, 11) is 0. The summed E-state index contributed by atoms with van der Waals surface area (Å²) in [5.41, 5.74) is 1.46. The number of hydrogen-bond donors (Lipinski definition) is 1. The van der Waals surface area contributed by atoms with E-state index in [0.717, 1.165) is 10.4 Å². The van der Waals surface area contributed by atoms with Crippen molar-refractivity contribution in [3.05, 3.63) is 71.6 Å². The number of nitrogens with zero attached hydrogens (tertiary/aromatic N) is 1. The Morgan fingerprint density at radius 2 is 1.90 bits per heavy atom. The van der Waals surface area contributed by atoms with E-state index in [2.05, 4.69) is 10.3 Å². The van der Waals surface area contributed by atoms with Gasteiger partial charge in [-0.1, -0.05) is 12.1 Å². The molecule has 0 atom stereocenters. The Labute approximate surface area is 125 Å². The third kappa shape index (κ3) is 3.14. The first-order chi connectivity index (χ1) is 10.2. The summed E-state index contributed by atoms with van der Waals surface area (Å²) >= 11 is 1.33. The maximum absolute atomic E-state index is 13.2. The van der Waals surface area contributed by atoms with Crippen LogP contribution < -0.4 is 5.32 Å². The number of amides is 1. The number of nitrogens with one attached hydrogen (secondary N) is 1. The van der Waals surface area contributed by atoms with Gasteiger partial charge in [0.1, 0.15) is 5.82 Å². The van der Waals surface area contributed by atoms with Crippen molar-refractivity contribution in [3.8, 4) is 10.4 Å². The molecule has 1 N–H and O–H groups in total. The summed E-state index contributed by atoms with van der Waals surface area (Å²) in [6.45, 7) is 0. The van der Waals surface area contributed by atoms with Crippen molar-refractivity contribution in [2.75, 3.05) is 5.32 Å². The first-order valence-electron chi connectivity index (χ1n) is 6.29. The molecule has 5 heteroatoms. The van der Waals surface area contributed by atoms with Crippen molar-refractivity contribution in [3.63, 3.8) is 0 Å². The van der Waals surface area contributed by atoms with Crippen molar-refractivity contribution >= 4 is 22.9 Å². The quantitative estimate of drug-likeness (QED) is 0.787. The van der Waals surface area contributed by atoms with Crippen LogP contribution in [-0.2, 0) is 0 Å². The maximum atomic E-state index is 13.2. The Morgan fingerprint density at radius 1 is 1.10 bits per heavy atom. The van der Waals surface area contributed by atoms with Crippen molar-refractivity contribution in [2.24, 2.45) is 0 Å². The van der Waals surface area contributed by atoms with Crippen LogP contribution in [0, 0.1) is 5.82 Å². The van der Waals surface area contributed by atoms with Gasteiger partial charge in [0.15, 0.2) is 0 Å². The average Bonchev–Trinajstić information content (AvgIpc) is 2.98. The van der Waals surface area contributed by atoms with E-state index in [4.69, 9.17) is 0 Å². The SMILES string of the molecule is O=C(Nc1ccncc1)c1ccc(-c2cccc(F)c2)s1. The summed E-state index contributed by atoms with van der Waals surface area (Å²) < 4.78 is 13.2. The van der Waals surface area contributed by atoms with Crippen molar-refractivity contribution in [1.82, 2.24) is 4.98 Å². The van der Waals surface area contributed by atoms with Crippen molar-refractivity contribution < 1.29 is 9.18 Å². The van der Waals surface area contributed by atoms with Crippen LogP contribution in [0.15, 0.2) is 60.9 Å². The summed E-state index contributed by atoms with van der Waals surface area (Å²) in [5, 5.41) is 2.79. The molecule has 3 nitrogen and oxygen atoms in total. The lowest BCUT2D eigenvalue weighted by atomic mass is 10.2. The van der Waals surface area contributed by atoms with Crippen LogP contribution in [0.2, 0.25) is 0 Å². The second-order valence-corrected chi connectivity index (χ2v) is 5.45. The molecule has 1 amide bonds. The predicted molar refractivity (Wildman–Crippen MR) is 81.9 cm³/mol. The fraction of sp³-hybridized carbons (Fsp3) is 0. The zero-order valence-electron chi connectivity index (χ0n) is 10.9. The molecule has 3 rings (SSSR count). The van der Waals surface area contributed by atoms with E-state index < -0.39 is 0 Å². The highest BCUT2D eigenvalue weighted by Crippen LogP contribution is 2.28. The summed E-state index contributed by atoms with van der Waals surface area (Å²) in [4.78, 5) is 17.5. The number of thiophene rings is 1. The van der Waals surface area contributed by atoms with E-state index in [0.29, 0.717) is 10.6 Å². The molecular weight excluding hydrogens is 287 g/mol. The minimum atomic E-state index is -0.288. The van der Waals surface area contributed by atoms with E-state index in [1.807, 2.05) is 12.1 Å². The number of halogens is 1. The molecule has 0 unspecified atom stereocenters. The molecule has 0 aliphatic heterocycles. The van der Waals surface area contributed by atoms with Gasteiger partial charge in [0.25, 0.3) is 5.91 Å². The van der Waals surface area contributed by atoms with Crippen LogP contribution in [-0.4, -0.2) is 10.9 Å². The van der Waals surface area contributed by atoms with E-state index >= 15 is 0 Å². The van der Waals surface area contributed by atoms with Crippen LogP contribution in [0.3, 0.4) is 0 Å². The Bertz CT molecular complexity index is 771. The third-order valence-corrected chi connectivity index (χ3v) is 4.01. The molecule has 21 heavy (non-hydrogen) atoms. The second-order valence-electron chi connectivity index (χ2n) is 4.36. The molecule has 0 bridgehead atoms. The second kappa shape index (κ2) is 5.85. The predicted octanol–water partition coefficient (Wildman–Crippen LogP) is 4.20. The van der Waals surface area contributed by atoms with Gasteiger partial charge in [-0.05, 0) is 42.0 Å². The highest BCUT2D eigenvalue weighted by molar-refractivity contribution is 7.17. The van der Waals surface area contributed by atoms with Gasteiger partial charge in [-0.25, -0.2) is 4.39 Å². The fourth-order valence-electron chi connectivity index (χ4n) is 1.88. The summed E-state index contributed by atoms with van der Waals surface area (Å²) in [6.07, 6.45) is 3.23. The molecule has 0 aliphatic rings. The number of rotatable bonds is 3. The van der Waals surface area contributed by atoms with Crippen LogP contribution in [0.5, 0.6) is 0 Å². The standard InChI is InChI=1S/C16H11FN2OS/c17-12-3-1-2-11(10-12)14-4-5-15(21-14)16(20)19-13-6-8-18-9-7-13/h1-10H,(H,18,19,20). The normalized spacial score (nSPS) is 10.3. The molecule has 3 aromatic rings. The first kappa shape index (κ1) is 13.5. The number of aromatic nitrogens is 1. The lowest BCUT2D eigenvalue weighted by Crippen LogP contribution is -2.09. The van der Waals surface area contributed by atoms with Gasteiger partial charge in [0.05, 0.1) is 4.88 Å². The summed E-state index contributed by atoms with van der Waals surface area (Å²) in [5.74, 6) is -0.474. The van der Waals surface area contributed by atoms with E-state index in [1.165, 1.54) is 23.5 Å². The number of pyridine rings is 1. The molecule has 104 valence electrons. The zero-order valence-corrected chi connectivity index (χ0v) is 11.7. The summed E-state index contributed by atoms with van der Waals surface area (Å²) in [6, 6.07) is 13.3. The molecule has 0 saturated heterocycles. The van der Waals surface area contributed by atoms with Crippen LogP contribution in [0.1, 0.15) is 9.67 Å². The Kier molecular flexibility index (Phi) is 3.75. The molecule has 2 aromatic heterocycles. The number of anilines is 1. The van der Waals surface area contributed by atoms with Crippen LogP contribution in [0.25, 0.3) is 10.4 Å². The van der Waals surface area contributed by atoms with Gasteiger partial charge in [-0.3, -0.25) is 9.78 Å². The Hall–Kier alpha value is -2.53. The highest BCUT2D eigenvalue weighted by atomic mass is 32.1. The van der Waals surface area contributed by atoms with Gasteiger partial charge in [0.2, 0.25) is 0 Å². The Morgan fingerprint density at radius 3 is 2.67 bits per heavy atom. The smallest absolute Gasteiger partial charge is 0.265 e. The fourth-order valence-corrected chi connectivity index (χ4v) is 2.78. The van der Waals surface area contributed by atoms with E-state index in [1.54, 1.807) is 36.7 Å². The minimum Gasteiger partial charge on any atom is -0.321 e. The van der Waals surface area contributed by atoms with Gasteiger partial charge in [-0.2, -0.15) is 0 Å². The van der Waals surface area contributed by atoms with Crippen LogP contribution >= 0.6 is 11.3 Å². The van der Waals surface area contributed by atoms with E-state index in [-0.39, 0.29) is 11.7 Å². The molecule has 0 saturated carbocycles. The van der Waals surface area contributed by atoms with Crippen molar-refractivity contribution in [1.29, 1.82) is 0 Å². The van der Waals surface area contributed by atoms with Gasteiger partial charge in [-0.15, -0.1) is 11.3 Å². The molecule has 0 aliphatic carbocycles. The van der Waals surface area contributed by atoms with Crippen LogP contribution in [0.4, 0.5) is 10.1 Å². The van der Waals surface area contributed by atoms with Gasteiger partial charge < -0.3 is 5.32 Å². The monoisotopic (exact) mass is 298 g/mol. The number of benzene rings is 1. The van der Waals surface area contributed by atoms with E-state index in [9.17, 15) is 9.18 Å². The highest BCUT2D eigenvalue weighted by Gasteiger charge is 2.10. The average molecular weight is 298 g/mol. The molecule has 0 fully saturated rings. The van der Waals surface area contributed by atoms with Crippen molar-refractivity contribution in [2.45, 2.75) is 0 Å². The number of hydrogen-bond acceptors (Lipinski definition) is 3. The first-order valence-corrected chi connectivity index (χ1v) is 7.11. The Balaban J connectivity index is 1.80.